The fraction of sp³-hybridized carbons (Fsp3) is 0.658. The molecule has 0 aromatic rings. The molecule has 0 aliphatic heterocycles. The maximum Gasteiger partial charge on any atom is 0.306 e. The van der Waals surface area contributed by atoms with Gasteiger partial charge in [0.2, 0.25) is 0 Å². The van der Waals surface area contributed by atoms with Gasteiger partial charge < -0.3 is 14.2 Å². The van der Waals surface area contributed by atoms with Gasteiger partial charge in [0, 0.05) is 19.3 Å². The van der Waals surface area contributed by atoms with E-state index in [1.54, 1.807) is 0 Å². The molecule has 0 saturated carbocycles. The lowest BCUT2D eigenvalue weighted by Crippen LogP contribution is -2.30. The van der Waals surface area contributed by atoms with Crippen molar-refractivity contribution in [3.05, 3.63) is 134 Å². The highest BCUT2D eigenvalue weighted by molar-refractivity contribution is 5.71. The minimum atomic E-state index is -0.798. The number of unbranched alkanes of at least 4 members (excludes halogenated alkanes) is 25. The largest absolute Gasteiger partial charge is 0.462 e. The maximum atomic E-state index is 12.9. The third kappa shape index (κ3) is 64.3. The Morgan fingerprint density at radius 2 is 0.494 bits per heavy atom. The predicted molar refractivity (Wildman–Crippen MR) is 343 cm³/mol. The Labute approximate surface area is 487 Å². The summed E-state index contributed by atoms with van der Waals surface area (Å²) in [6.45, 7) is 6.38. The average Bonchev–Trinajstić information content (AvgIpc) is 3.45. The Hall–Kier alpha value is -4.45. The lowest BCUT2D eigenvalue weighted by Gasteiger charge is -2.18. The summed E-state index contributed by atoms with van der Waals surface area (Å²) in [7, 11) is 0. The van der Waals surface area contributed by atoms with Gasteiger partial charge in [-0.25, -0.2) is 0 Å². The van der Waals surface area contributed by atoms with Crippen LogP contribution >= 0.6 is 0 Å². The maximum absolute atomic E-state index is 12.9. The second-order valence-electron chi connectivity index (χ2n) is 21.3. The average molecular weight is 1090 g/mol. The molecule has 6 nitrogen and oxygen atoms in total. The van der Waals surface area contributed by atoms with Crippen molar-refractivity contribution in [3.63, 3.8) is 0 Å². The van der Waals surface area contributed by atoms with Crippen LogP contribution in [0.4, 0.5) is 0 Å². The number of allylic oxidation sites excluding steroid dienone is 22. The topological polar surface area (TPSA) is 78.9 Å². The molecule has 79 heavy (non-hydrogen) atoms. The number of rotatable bonds is 58. The molecule has 0 saturated heterocycles. The van der Waals surface area contributed by atoms with Crippen LogP contribution in [0.5, 0.6) is 0 Å². The van der Waals surface area contributed by atoms with Gasteiger partial charge in [-0.15, -0.1) is 0 Å². The Balaban J connectivity index is 4.44. The molecule has 0 N–H and O–H groups in total. The van der Waals surface area contributed by atoms with Crippen LogP contribution in [-0.4, -0.2) is 37.2 Å². The Kier molecular flexibility index (Phi) is 62.3. The van der Waals surface area contributed by atoms with E-state index in [0.29, 0.717) is 19.3 Å². The van der Waals surface area contributed by atoms with Crippen LogP contribution in [0.1, 0.15) is 290 Å². The normalized spacial score (nSPS) is 13.0. The number of hydrogen-bond acceptors (Lipinski definition) is 6. The molecular formula is C73H120O6. The van der Waals surface area contributed by atoms with Crippen LogP contribution in [0.25, 0.3) is 0 Å². The summed E-state index contributed by atoms with van der Waals surface area (Å²) in [5, 5.41) is 0. The Bertz CT molecular complexity index is 1680. The molecule has 0 aliphatic rings. The summed E-state index contributed by atoms with van der Waals surface area (Å²) < 4.78 is 16.9. The van der Waals surface area contributed by atoms with E-state index in [9.17, 15) is 14.4 Å². The van der Waals surface area contributed by atoms with Crippen molar-refractivity contribution in [1.82, 2.24) is 0 Å². The summed E-state index contributed by atoms with van der Waals surface area (Å²) in [6.07, 6.45) is 93.0. The number of hydrogen-bond donors (Lipinski definition) is 0. The lowest BCUT2D eigenvalue weighted by atomic mass is 10.1. The molecule has 0 fully saturated rings. The first-order valence-corrected chi connectivity index (χ1v) is 32.7. The highest BCUT2D eigenvalue weighted by Gasteiger charge is 2.19. The van der Waals surface area contributed by atoms with E-state index in [1.807, 2.05) is 0 Å². The van der Waals surface area contributed by atoms with Gasteiger partial charge in [-0.1, -0.05) is 270 Å². The van der Waals surface area contributed by atoms with Gasteiger partial charge in [-0.3, -0.25) is 14.4 Å². The zero-order valence-corrected chi connectivity index (χ0v) is 51.3. The van der Waals surface area contributed by atoms with Crippen molar-refractivity contribution in [2.45, 2.75) is 297 Å². The summed E-state index contributed by atoms with van der Waals surface area (Å²) in [5.41, 5.74) is 0. The molecule has 0 rings (SSSR count). The van der Waals surface area contributed by atoms with E-state index in [0.717, 1.165) is 141 Å². The fourth-order valence-corrected chi connectivity index (χ4v) is 8.79. The summed E-state index contributed by atoms with van der Waals surface area (Å²) in [6, 6.07) is 0. The van der Waals surface area contributed by atoms with Gasteiger partial charge in [-0.05, 0) is 135 Å². The van der Waals surface area contributed by atoms with Crippen molar-refractivity contribution in [3.8, 4) is 0 Å². The number of esters is 3. The molecule has 0 bridgehead atoms. The summed E-state index contributed by atoms with van der Waals surface area (Å²) >= 11 is 0. The monoisotopic (exact) mass is 1090 g/mol. The van der Waals surface area contributed by atoms with Gasteiger partial charge in [-0.2, -0.15) is 0 Å². The van der Waals surface area contributed by atoms with Crippen molar-refractivity contribution in [2.75, 3.05) is 13.2 Å². The van der Waals surface area contributed by atoms with Gasteiger partial charge in [0.15, 0.2) is 6.10 Å². The molecule has 0 aliphatic carbocycles. The summed E-state index contributed by atoms with van der Waals surface area (Å²) in [4.78, 5) is 38.4. The molecule has 0 spiro atoms. The van der Waals surface area contributed by atoms with Gasteiger partial charge in [0.05, 0.1) is 0 Å². The molecule has 0 aromatic heterocycles. The van der Waals surface area contributed by atoms with E-state index in [-0.39, 0.29) is 31.1 Å². The minimum absolute atomic E-state index is 0.0930. The molecule has 6 heteroatoms. The van der Waals surface area contributed by atoms with Crippen LogP contribution in [0.2, 0.25) is 0 Å². The minimum Gasteiger partial charge on any atom is -0.462 e. The zero-order valence-electron chi connectivity index (χ0n) is 51.3. The lowest BCUT2D eigenvalue weighted by molar-refractivity contribution is -0.167. The second-order valence-corrected chi connectivity index (χ2v) is 21.3. The highest BCUT2D eigenvalue weighted by atomic mass is 16.6. The van der Waals surface area contributed by atoms with E-state index in [4.69, 9.17) is 14.2 Å². The molecular weight excluding hydrogens is 973 g/mol. The van der Waals surface area contributed by atoms with Crippen LogP contribution in [0, 0.1) is 0 Å². The second kappa shape index (κ2) is 66.1. The van der Waals surface area contributed by atoms with Crippen molar-refractivity contribution >= 4 is 17.9 Å². The van der Waals surface area contributed by atoms with Crippen LogP contribution in [0.3, 0.4) is 0 Å². The Morgan fingerprint density at radius 1 is 0.266 bits per heavy atom. The highest BCUT2D eigenvalue weighted by Crippen LogP contribution is 2.15. The molecule has 0 aromatic carbocycles. The van der Waals surface area contributed by atoms with Crippen LogP contribution < -0.4 is 0 Å². The fourth-order valence-electron chi connectivity index (χ4n) is 8.79. The first-order chi connectivity index (χ1) is 39.0. The third-order valence-corrected chi connectivity index (χ3v) is 13.6. The van der Waals surface area contributed by atoms with Gasteiger partial charge in [0.25, 0.3) is 0 Å². The molecule has 0 heterocycles. The third-order valence-electron chi connectivity index (χ3n) is 13.6. The van der Waals surface area contributed by atoms with E-state index < -0.39 is 6.10 Å². The van der Waals surface area contributed by atoms with E-state index in [1.165, 1.54) is 109 Å². The van der Waals surface area contributed by atoms with E-state index in [2.05, 4.69) is 154 Å². The molecule has 1 unspecified atom stereocenters. The predicted octanol–water partition coefficient (Wildman–Crippen LogP) is 22.5. The van der Waals surface area contributed by atoms with Crippen molar-refractivity contribution in [1.29, 1.82) is 0 Å². The van der Waals surface area contributed by atoms with Crippen molar-refractivity contribution in [2.24, 2.45) is 0 Å². The molecule has 0 radical (unpaired) electrons. The van der Waals surface area contributed by atoms with E-state index >= 15 is 0 Å². The number of carbonyl (C=O) groups excluding carboxylic acids is 3. The Morgan fingerprint density at radius 3 is 0.772 bits per heavy atom. The van der Waals surface area contributed by atoms with Gasteiger partial charge in [0.1, 0.15) is 13.2 Å². The molecule has 1 atom stereocenters. The smallest absolute Gasteiger partial charge is 0.306 e. The molecule has 0 amide bonds. The molecule has 448 valence electrons. The summed E-state index contributed by atoms with van der Waals surface area (Å²) in [5.74, 6) is -0.917. The SMILES string of the molecule is CC/C=C\C/C=C\C/C=C\C/C=C\C/C=C\C/C=C\CCCCCCCCC(=O)OCC(COC(=O)CCCCCCCCC/C=C\C/C=C\C/C=C\CC)OC(=O)CCCCCCCCCCC/C=C\C/C=C\CCCCC. The van der Waals surface area contributed by atoms with Crippen molar-refractivity contribution < 1.29 is 28.6 Å². The number of carbonyl (C=O) groups is 3. The first-order valence-electron chi connectivity index (χ1n) is 32.7. The quantitative estimate of drug-likeness (QED) is 0.0261. The van der Waals surface area contributed by atoms with Crippen LogP contribution in [0.15, 0.2) is 134 Å². The van der Waals surface area contributed by atoms with Gasteiger partial charge >= 0.3 is 17.9 Å². The van der Waals surface area contributed by atoms with Crippen LogP contribution in [-0.2, 0) is 28.6 Å². The number of ether oxygens (including phenoxy) is 3. The standard InChI is InChI=1S/C73H120O6/c1-4-7-10-13-16-19-22-25-28-31-33-34-35-36-37-38-40-42-45-48-51-54-57-60-63-66-72(75)78-69-70(68-77-71(74)65-62-59-56-53-50-47-44-41-30-27-24-21-18-15-12-9-6-3)79-73(76)67-64-61-58-55-52-49-46-43-39-32-29-26-23-20-17-14-11-8-5-2/h7,9-10,12,16-21,25-30,33-34,36-37,40,42,70H,4-6,8,11,13-15,22-24,31-32,35,38-39,41,43-69H2,1-3H3/b10-7-,12-9-,19-16-,20-17-,21-18-,28-25-,29-26-,30-27-,34-33-,37-36-,42-40-. The zero-order chi connectivity index (χ0) is 57.1. The first kappa shape index (κ1) is 74.5.